The molecule has 0 fully saturated rings. The van der Waals surface area contributed by atoms with Gasteiger partial charge < -0.3 is 15.5 Å². The van der Waals surface area contributed by atoms with Crippen LogP contribution in [-0.4, -0.2) is 40.9 Å². The van der Waals surface area contributed by atoms with Gasteiger partial charge in [0.2, 0.25) is 0 Å². The third-order valence-electron chi connectivity index (χ3n) is 6.84. The van der Waals surface area contributed by atoms with Crippen molar-refractivity contribution in [3.05, 3.63) is 100 Å². The summed E-state index contributed by atoms with van der Waals surface area (Å²) < 4.78 is 1.80. The van der Waals surface area contributed by atoms with Crippen molar-refractivity contribution in [3.8, 4) is 16.3 Å². The van der Waals surface area contributed by atoms with Gasteiger partial charge in [-0.05, 0) is 85.7 Å². The number of carbonyl (C=O) groups is 1. The SMILES string of the molecule is Cc1cc(Nc2cc(-n3cc(C)cn3)ccn2)nc(-c2cnc([C@@]3(O)CCCc4cc(C(=O)O)ccc43)s2)c1. The molecule has 0 bridgehead atoms. The molecular weight excluding hydrogens is 512 g/mol. The lowest BCUT2D eigenvalue weighted by molar-refractivity contribution is 0.0607. The Hall–Kier alpha value is -4.41. The zero-order chi connectivity index (χ0) is 27.1. The topological polar surface area (TPSA) is 126 Å². The van der Waals surface area contributed by atoms with E-state index in [-0.39, 0.29) is 5.56 Å². The van der Waals surface area contributed by atoms with Gasteiger partial charge in [-0.1, -0.05) is 6.07 Å². The molecule has 0 spiro atoms. The smallest absolute Gasteiger partial charge is 0.335 e. The molecule has 39 heavy (non-hydrogen) atoms. The number of hydrogen-bond acceptors (Lipinski definition) is 8. The number of rotatable bonds is 6. The number of nitrogens with zero attached hydrogens (tertiary/aromatic N) is 5. The maximum absolute atomic E-state index is 11.8. The standard InChI is InChI=1S/C29H26N6O3S/c1-17-10-23(33-26(11-17)34-25-13-21(7-9-30-25)35-16-18(2)14-32-35)24-15-31-28(39-24)29(38)8-3-4-19-12-20(27(36)37)5-6-22(19)29/h5-7,9-16,38H,3-4,8H2,1-2H3,(H,36,37)(H,30,33,34)/t29-/m1/s1. The van der Waals surface area contributed by atoms with Gasteiger partial charge in [-0.15, -0.1) is 11.3 Å². The molecule has 5 aromatic rings. The highest BCUT2D eigenvalue weighted by Crippen LogP contribution is 2.43. The van der Waals surface area contributed by atoms with E-state index in [2.05, 4.69) is 20.4 Å². The first-order chi connectivity index (χ1) is 18.8. The molecule has 0 unspecified atom stereocenters. The number of carboxylic acids is 1. The third kappa shape index (κ3) is 4.80. The van der Waals surface area contributed by atoms with Crippen LogP contribution in [-0.2, 0) is 12.0 Å². The molecule has 0 radical (unpaired) electrons. The Bertz CT molecular complexity index is 1710. The van der Waals surface area contributed by atoms with Crippen molar-refractivity contribution in [1.82, 2.24) is 24.7 Å². The second-order valence-electron chi connectivity index (χ2n) is 9.82. The van der Waals surface area contributed by atoms with Gasteiger partial charge in [-0.3, -0.25) is 0 Å². The highest BCUT2D eigenvalue weighted by Gasteiger charge is 2.39. The molecule has 1 aromatic carbocycles. The number of thiazole rings is 1. The summed E-state index contributed by atoms with van der Waals surface area (Å²) in [6.45, 7) is 3.99. The first-order valence-electron chi connectivity index (χ1n) is 12.6. The number of hydrogen-bond donors (Lipinski definition) is 3. The molecule has 0 aliphatic heterocycles. The second-order valence-corrected chi connectivity index (χ2v) is 10.9. The van der Waals surface area contributed by atoms with Gasteiger partial charge in [0.1, 0.15) is 22.2 Å². The Morgan fingerprint density at radius 3 is 2.72 bits per heavy atom. The van der Waals surface area contributed by atoms with E-state index in [4.69, 9.17) is 4.98 Å². The Labute approximate surface area is 228 Å². The number of carboxylic acid groups (broad SMARTS) is 1. The number of benzene rings is 1. The zero-order valence-corrected chi connectivity index (χ0v) is 22.2. The summed E-state index contributed by atoms with van der Waals surface area (Å²) in [5.74, 6) is 0.310. The monoisotopic (exact) mass is 538 g/mol. The van der Waals surface area contributed by atoms with Gasteiger partial charge in [-0.2, -0.15) is 5.10 Å². The summed E-state index contributed by atoms with van der Waals surface area (Å²) in [6, 6.07) is 12.7. The fourth-order valence-electron chi connectivity index (χ4n) is 4.99. The minimum absolute atomic E-state index is 0.224. The molecule has 4 heterocycles. The Kier molecular flexibility index (Phi) is 6.20. The van der Waals surface area contributed by atoms with E-state index in [0.717, 1.165) is 51.4 Å². The van der Waals surface area contributed by atoms with Crippen LogP contribution in [0.1, 0.15) is 50.5 Å². The Balaban J connectivity index is 1.29. The van der Waals surface area contributed by atoms with Crippen molar-refractivity contribution in [3.63, 3.8) is 0 Å². The van der Waals surface area contributed by atoms with E-state index < -0.39 is 11.6 Å². The predicted molar refractivity (Wildman–Crippen MR) is 149 cm³/mol. The molecule has 0 saturated heterocycles. The Morgan fingerprint density at radius 1 is 1.05 bits per heavy atom. The van der Waals surface area contributed by atoms with Crippen LogP contribution in [0.3, 0.4) is 0 Å². The molecule has 196 valence electrons. The van der Waals surface area contributed by atoms with Crippen molar-refractivity contribution in [1.29, 1.82) is 0 Å². The van der Waals surface area contributed by atoms with Crippen LogP contribution in [0.4, 0.5) is 11.6 Å². The van der Waals surface area contributed by atoms with E-state index >= 15 is 0 Å². The summed E-state index contributed by atoms with van der Waals surface area (Å²) in [7, 11) is 0. The van der Waals surface area contributed by atoms with Gasteiger partial charge in [0.15, 0.2) is 0 Å². The minimum atomic E-state index is -1.27. The van der Waals surface area contributed by atoms with Crippen molar-refractivity contribution in [2.24, 2.45) is 0 Å². The number of anilines is 2. The number of pyridine rings is 2. The summed E-state index contributed by atoms with van der Waals surface area (Å²) in [5, 5.41) is 29.4. The second kappa shape index (κ2) is 9.72. The van der Waals surface area contributed by atoms with E-state index in [1.54, 1.807) is 41.5 Å². The summed E-state index contributed by atoms with van der Waals surface area (Å²) in [5.41, 5.74) is 4.23. The van der Waals surface area contributed by atoms with Crippen LogP contribution >= 0.6 is 11.3 Å². The first kappa shape index (κ1) is 24.9. The van der Waals surface area contributed by atoms with Crippen molar-refractivity contribution in [2.45, 2.75) is 38.7 Å². The number of aryl methyl sites for hydroxylation is 3. The maximum atomic E-state index is 11.8. The van der Waals surface area contributed by atoms with Gasteiger partial charge in [0.05, 0.1) is 28.0 Å². The van der Waals surface area contributed by atoms with Crippen molar-refractivity contribution < 1.29 is 15.0 Å². The van der Waals surface area contributed by atoms with Crippen LogP contribution in [0.5, 0.6) is 0 Å². The van der Waals surface area contributed by atoms with Crippen LogP contribution in [0.25, 0.3) is 16.3 Å². The lowest BCUT2D eigenvalue weighted by atomic mass is 9.79. The molecule has 0 saturated carbocycles. The molecule has 9 nitrogen and oxygen atoms in total. The molecule has 0 amide bonds. The number of aromatic carboxylic acids is 1. The number of fused-ring (bicyclic) bond motifs is 1. The molecule has 6 rings (SSSR count). The van der Waals surface area contributed by atoms with E-state index in [9.17, 15) is 15.0 Å². The van der Waals surface area contributed by atoms with Gasteiger partial charge in [0, 0.05) is 24.7 Å². The van der Waals surface area contributed by atoms with Crippen molar-refractivity contribution >= 4 is 28.9 Å². The summed E-state index contributed by atoms with van der Waals surface area (Å²) >= 11 is 1.40. The van der Waals surface area contributed by atoms with E-state index in [0.29, 0.717) is 23.1 Å². The molecule has 1 aliphatic rings. The van der Waals surface area contributed by atoms with Crippen molar-refractivity contribution in [2.75, 3.05) is 5.32 Å². The van der Waals surface area contributed by atoms with Crippen LogP contribution in [0, 0.1) is 13.8 Å². The maximum Gasteiger partial charge on any atom is 0.335 e. The number of aliphatic hydroxyl groups is 1. The molecule has 1 aliphatic carbocycles. The quantitative estimate of drug-likeness (QED) is 0.262. The zero-order valence-electron chi connectivity index (χ0n) is 21.4. The molecule has 3 N–H and O–H groups in total. The average Bonchev–Trinajstić information content (AvgIpc) is 3.59. The molecule has 1 atom stereocenters. The highest BCUT2D eigenvalue weighted by molar-refractivity contribution is 7.15. The molecule has 4 aromatic heterocycles. The fourth-order valence-corrected chi connectivity index (χ4v) is 5.99. The van der Waals surface area contributed by atoms with E-state index in [1.807, 2.05) is 44.3 Å². The lowest BCUT2D eigenvalue weighted by Crippen LogP contribution is -2.32. The lowest BCUT2D eigenvalue weighted by Gasteiger charge is -2.33. The fraction of sp³-hybridized carbons (Fsp3) is 0.207. The van der Waals surface area contributed by atoms with E-state index in [1.165, 1.54) is 11.3 Å². The molecule has 10 heteroatoms. The average molecular weight is 539 g/mol. The van der Waals surface area contributed by atoms with Gasteiger partial charge in [-0.25, -0.2) is 24.4 Å². The summed E-state index contributed by atoms with van der Waals surface area (Å²) in [4.78, 5) is 26.1. The Morgan fingerprint density at radius 2 is 1.92 bits per heavy atom. The summed E-state index contributed by atoms with van der Waals surface area (Å²) in [6.07, 6.45) is 9.20. The minimum Gasteiger partial charge on any atom is -0.478 e. The highest BCUT2D eigenvalue weighted by atomic mass is 32.1. The largest absolute Gasteiger partial charge is 0.478 e. The predicted octanol–water partition coefficient (Wildman–Crippen LogP) is 5.42. The molecular formula is C29H26N6O3S. The third-order valence-corrected chi connectivity index (χ3v) is 8.01. The van der Waals surface area contributed by atoms with Crippen LogP contribution in [0.2, 0.25) is 0 Å². The first-order valence-corrected chi connectivity index (χ1v) is 13.4. The van der Waals surface area contributed by atoms with Crippen LogP contribution in [0.15, 0.2) is 67.3 Å². The normalized spacial score (nSPS) is 16.6. The number of nitrogens with one attached hydrogen (secondary N) is 1. The van der Waals surface area contributed by atoms with Gasteiger partial charge >= 0.3 is 5.97 Å². The number of aromatic nitrogens is 5. The van der Waals surface area contributed by atoms with Crippen LogP contribution < -0.4 is 5.32 Å². The van der Waals surface area contributed by atoms with Gasteiger partial charge in [0.25, 0.3) is 0 Å².